The molecule has 1 aromatic carbocycles. The second-order valence-electron chi connectivity index (χ2n) is 4.73. The molecule has 1 heterocycles. The number of hydrogen-bond donors (Lipinski definition) is 2. The Morgan fingerprint density at radius 2 is 2.13 bits per heavy atom. The maximum atomic E-state index is 11.9. The van der Waals surface area contributed by atoms with Gasteiger partial charge in [0.25, 0.3) is 5.91 Å². The van der Waals surface area contributed by atoms with E-state index in [2.05, 4.69) is 10.6 Å². The Labute approximate surface area is 139 Å². The Morgan fingerprint density at radius 3 is 2.83 bits per heavy atom. The first-order chi connectivity index (χ1) is 11.2. The van der Waals surface area contributed by atoms with E-state index in [4.69, 9.17) is 21.3 Å². The molecule has 0 saturated carbocycles. The zero-order valence-electron chi connectivity index (χ0n) is 12.4. The van der Waals surface area contributed by atoms with Crippen molar-refractivity contribution < 1.29 is 9.21 Å². The Hall–Kier alpha value is -2.71. The van der Waals surface area contributed by atoms with Crippen molar-refractivity contribution in [2.75, 3.05) is 6.54 Å². The number of carbonyl (C=O) groups is 1. The van der Waals surface area contributed by atoms with E-state index in [9.17, 15) is 4.79 Å². The molecule has 0 bridgehead atoms. The lowest BCUT2D eigenvalue weighted by molar-refractivity contribution is -0.117. The number of rotatable bonds is 7. The van der Waals surface area contributed by atoms with Crippen molar-refractivity contribution in [1.82, 2.24) is 10.6 Å². The fraction of sp³-hybridized carbons (Fsp3) is 0.176. The maximum Gasteiger partial charge on any atom is 0.263 e. The first-order valence-corrected chi connectivity index (χ1v) is 7.46. The molecule has 2 aromatic rings. The van der Waals surface area contributed by atoms with Crippen molar-refractivity contribution in [2.24, 2.45) is 0 Å². The second kappa shape index (κ2) is 8.66. The van der Waals surface area contributed by atoms with E-state index in [-0.39, 0.29) is 12.1 Å². The van der Waals surface area contributed by atoms with E-state index in [1.54, 1.807) is 12.1 Å². The van der Waals surface area contributed by atoms with E-state index in [1.165, 1.54) is 12.5 Å². The van der Waals surface area contributed by atoms with Gasteiger partial charge in [0, 0.05) is 17.8 Å². The summed E-state index contributed by atoms with van der Waals surface area (Å²) in [5, 5.41) is 15.3. The van der Waals surface area contributed by atoms with Crippen LogP contribution in [0, 0.1) is 11.3 Å². The summed E-state index contributed by atoms with van der Waals surface area (Å²) in [4.78, 5) is 11.9. The van der Waals surface area contributed by atoms with Crippen LogP contribution >= 0.6 is 11.6 Å². The fourth-order valence-electron chi connectivity index (χ4n) is 1.91. The number of nitriles is 1. The molecule has 0 saturated heterocycles. The van der Waals surface area contributed by atoms with Gasteiger partial charge in [-0.05, 0) is 30.2 Å². The van der Waals surface area contributed by atoms with Crippen molar-refractivity contribution >= 4 is 17.5 Å². The average molecular weight is 330 g/mol. The number of amides is 1. The average Bonchev–Trinajstić information content (AvgIpc) is 3.08. The number of benzene rings is 1. The SMILES string of the molecule is N#C/C(=C/NCCc1ccccc1Cl)C(=O)NCc1ccco1. The molecule has 0 aliphatic carbocycles. The predicted octanol–water partition coefficient (Wildman–Crippen LogP) is 2.79. The summed E-state index contributed by atoms with van der Waals surface area (Å²) < 4.78 is 5.11. The van der Waals surface area contributed by atoms with Gasteiger partial charge in [0.15, 0.2) is 0 Å². The molecule has 23 heavy (non-hydrogen) atoms. The molecule has 2 N–H and O–H groups in total. The van der Waals surface area contributed by atoms with Gasteiger partial charge >= 0.3 is 0 Å². The molecule has 6 heteroatoms. The third kappa shape index (κ3) is 5.20. The maximum absolute atomic E-state index is 11.9. The normalized spacial score (nSPS) is 10.9. The summed E-state index contributed by atoms with van der Waals surface area (Å²) in [5.41, 5.74) is 1.02. The lowest BCUT2D eigenvalue weighted by Gasteiger charge is -2.05. The van der Waals surface area contributed by atoms with E-state index in [0.29, 0.717) is 23.7 Å². The topological polar surface area (TPSA) is 78.1 Å². The molecule has 0 radical (unpaired) electrons. The fourth-order valence-corrected chi connectivity index (χ4v) is 2.14. The van der Waals surface area contributed by atoms with Crippen LogP contribution in [-0.4, -0.2) is 12.5 Å². The van der Waals surface area contributed by atoms with Gasteiger partial charge in [-0.25, -0.2) is 0 Å². The van der Waals surface area contributed by atoms with Crippen LogP contribution in [0.4, 0.5) is 0 Å². The van der Waals surface area contributed by atoms with Gasteiger partial charge < -0.3 is 15.1 Å². The third-order valence-electron chi connectivity index (χ3n) is 3.11. The summed E-state index contributed by atoms with van der Waals surface area (Å²) in [6.07, 6.45) is 3.63. The molecule has 0 spiro atoms. The largest absolute Gasteiger partial charge is 0.467 e. The molecule has 0 aliphatic rings. The van der Waals surface area contributed by atoms with E-state index < -0.39 is 5.91 Å². The second-order valence-corrected chi connectivity index (χ2v) is 5.13. The Balaban J connectivity index is 1.80. The third-order valence-corrected chi connectivity index (χ3v) is 3.48. The molecular weight excluding hydrogens is 314 g/mol. The van der Waals surface area contributed by atoms with Crippen LogP contribution in [0.2, 0.25) is 5.02 Å². The number of nitrogens with zero attached hydrogens (tertiary/aromatic N) is 1. The minimum atomic E-state index is -0.450. The zero-order valence-corrected chi connectivity index (χ0v) is 13.1. The van der Waals surface area contributed by atoms with Crippen molar-refractivity contribution in [3.05, 3.63) is 70.8 Å². The lowest BCUT2D eigenvalue weighted by atomic mass is 10.1. The van der Waals surface area contributed by atoms with Gasteiger partial charge in [-0.3, -0.25) is 4.79 Å². The Bertz CT molecular complexity index is 718. The number of hydrogen-bond acceptors (Lipinski definition) is 4. The van der Waals surface area contributed by atoms with Crippen LogP contribution in [0.3, 0.4) is 0 Å². The van der Waals surface area contributed by atoms with Crippen molar-refractivity contribution in [3.8, 4) is 6.07 Å². The van der Waals surface area contributed by atoms with Crippen LogP contribution in [0.15, 0.2) is 58.9 Å². The summed E-state index contributed by atoms with van der Waals surface area (Å²) in [7, 11) is 0. The summed E-state index contributed by atoms with van der Waals surface area (Å²) >= 11 is 6.07. The van der Waals surface area contributed by atoms with Gasteiger partial charge in [-0.1, -0.05) is 29.8 Å². The zero-order chi connectivity index (χ0) is 16.5. The molecule has 118 valence electrons. The molecule has 0 aliphatic heterocycles. The molecule has 0 fully saturated rings. The van der Waals surface area contributed by atoms with E-state index in [1.807, 2.05) is 30.3 Å². The van der Waals surface area contributed by atoms with Gasteiger partial charge in [0.1, 0.15) is 17.4 Å². The van der Waals surface area contributed by atoms with Crippen LogP contribution in [-0.2, 0) is 17.8 Å². The highest BCUT2D eigenvalue weighted by Crippen LogP contribution is 2.14. The highest BCUT2D eigenvalue weighted by atomic mass is 35.5. The molecular formula is C17H16ClN3O2. The van der Waals surface area contributed by atoms with Crippen LogP contribution in [0.5, 0.6) is 0 Å². The molecule has 0 atom stereocenters. The first kappa shape index (κ1) is 16.7. The monoisotopic (exact) mass is 329 g/mol. The molecule has 5 nitrogen and oxygen atoms in total. The Morgan fingerprint density at radius 1 is 1.30 bits per heavy atom. The van der Waals surface area contributed by atoms with Crippen LogP contribution in [0.25, 0.3) is 0 Å². The molecule has 1 aromatic heterocycles. The van der Waals surface area contributed by atoms with Crippen molar-refractivity contribution in [3.63, 3.8) is 0 Å². The molecule has 1 amide bonds. The lowest BCUT2D eigenvalue weighted by Crippen LogP contribution is -2.25. The minimum absolute atomic E-state index is 0.00992. The van der Waals surface area contributed by atoms with Crippen molar-refractivity contribution in [2.45, 2.75) is 13.0 Å². The van der Waals surface area contributed by atoms with Gasteiger partial charge in [-0.2, -0.15) is 5.26 Å². The number of furan rings is 1. The summed E-state index contributed by atoms with van der Waals surface area (Å²) in [5.74, 6) is 0.177. The summed E-state index contributed by atoms with van der Waals surface area (Å²) in [6, 6.07) is 12.9. The van der Waals surface area contributed by atoms with Gasteiger partial charge in [-0.15, -0.1) is 0 Å². The van der Waals surface area contributed by atoms with E-state index in [0.717, 1.165) is 5.56 Å². The standard InChI is InChI=1S/C17H16ClN3O2/c18-16-6-2-1-4-13(16)7-8-20-11-14(10-19)17(22)21-12-15-5-3-9-23-15/h1-6,9,11,20H,7-8,12H2,(H,21,22)/b14-11-. The van der Waals surface area contributed by atoms with Crippen LogP contribution < -0.4 is 10.6 Å². The number of carbonyl (C=O) groups excluding carboxylic acids is 1. The molecule has 2 rings (SSSR count). The van der Waals surface area contributed by atoms with Gasteiger partial charge in [0.2, 0.25) is 0 Å². The Kier molecular flexibility index (Phi) is 6.28. The number of halogens is 1. The first-order valence-electron chi connectivity index (χ1n) is 7.08. The smallest absolute Gasteiger partial charge is 0.263 e. The highest BCUT2D eigenvalue weighted by molar-refractivity contribution is 6.31. The number of nitrogens with one attached hydrogen (secondary N) is 2. The van der Waals surface area contributed by atoms with Crippen LogP contribution in [0.1, 0.15) is 11.3 Å². The quantitative estimate of drug-likeness (QED) is 0.465. The predicted molar refractivity (Wildman–Crippen MR) is 87.4 cm³/mol. The van der Waals surface area contributed by atoms with E-state index >= 15 is 0 Å². The highest BCUT2D eigenvalue weighted by Gasteiger charge is 2.09. The minimum Gasteiger partial charge on any atom is -0.467 e. The molecule has 0 unspecified atom stereocenters. The summed E-state index contributed by atoms with van der Waals surface area (Å²) in [6.45, 7) is 0.810. The van der Waals surface area contributed by atoms with Crippen molar-refractivity contribution in [1.29, 1.82) is 5.26 Å². The van der Waals surface area contributed by atoms with Gasteiger partial charge in [0.05, 0.1) is 12.8 Å².